The minimum absolute atomic E-state index is 0.268. The highest BCUT2D eigenvalue weighted by Gasteiger charge is 2.06. The van der Waals surface area contributed by atoms with E-state index >= 15 is 0 Å². The molecule has 0 spiro atoms. The lowest BCUT2D eigenvalue weighted by molar-refractivity contribution is 0.253. The third kappa shape index (κ3) is 5.07. The van der Waals surface area contributed by atoms with Crippen molar-refractivity contribution in [2.24, 2.45) is 5.92 Å². The van der Waals surface area contributed by atoms with Crippen LogP contribution in [0.1, 0.15) is 20.3 Å². The van der Waals surface area contributed by atoms with Crippen molar-refractivity contribution in [1.82, 2.24) is 0 Å². The van der Waals surface area contributed by atoms with Gasteiger partial charge in [0.25, 0.3) is 0 Å². The number of phenolic OH excluding ortho intramolecular Hbond substituents is 1. The molecule has 1 aromatic carbocycles. The third-order valence-corrected chi connectivity index (χ3v) is 2.47. The Bertz CT molecular complexity index is 282. The summed E-state index contributed by atoms with van der Waals surface area (Å²) in [5, 5.41) is 9.09. The fourth-order valence-corrected chi connectivity index (χ4v) is 2.04. The van der Waals surface area contributed by atoms with Crippen molar-refractivity contribution in [2.75, 3.05) is 6.61 Å². The van der Waals surface area contributed by atoms with Gasteiger partial charge in [-0.1, -0.05) is 29.8 Å². The van der Waals surface area contributed by atoms with E-state index in [9.17, 15) is 0 Å². The van der Waals surface area contributed by atoms with Crippen molar-refractivity contribution in [2.45, 2.75) is 25.1 Å². The second-order valence-corrected chi connectivity index (χ2v) is 5.49. The number of alkyl halides is 1. The van der Waals surface area contributed by atoms with Gasteiger partial charge in [0, 0.05) is 4.83 Å². The molecule has 15 heavy (non-hydrogen) atoms. The van der Waals surface area contributed by atoms with Crippen LogP contribution >= 0.6 is 15.9 Å². The van der Waals surface area contributed by atoms with Gasteiger partial charge in [-0.2, -0.15) is 0 Å². The number of hydrogen-bond acceptors (Lipinski definition) is 2. The zero-order valence-corrected chi connectivity index (χ0v) is 10.7. The van der Waals surface area contributed by atoms with Crippen LogP contribution in [0.15, 0.2) is 24.3 Å². The Morgan fingerprint density at radius 1 is 1.27 bits per heavy atom. The normalized spacial score (nSPS) is 14.6. The molecule has 0 aliphatic rings. The fourth-order valence-electron chi connectivity index (χ4n) is 1.40. The lowest BCUT2D eigenvalue weighted by Gasteiger charge is -2.14. The van der Waals surface area contributed by atoms with Crippen LogP contribution in [0.3, 0.4) is 0 Å². The molecule has 0 aromatic heterocycles. The molecular formula is C12H17BrO2. The van der Waals surface area contributed by atoms with Gasteiger partial charge in [-0.3, -0.25) is 0 Å². The Kier molecular flexibility index (Phi) is 4.95. The van der Waals surface area contributed by atoms with E-state index in [0.29, 0.717) is 17.4 Å². The SMILES string of the molecule is CC(Br)CC(C)COc1ccc(O)cc1. The molecule has 2 atom stereocenters. The summed E-state index contributed by atoms with van der Waals surface area (Å²) in [7, 11) is 0. The number of halogens is 1. The highest BCUT2D eigenvalue weighted by Crippen LogP contribution is 2.18. The maximum Gasteiger partial charge on any atom is 0.119 e. The van der Waals surface area contributed by atoms with E-state index in [1.807, 2.05) is 0 Å². The van der Waals surface area contributed by atoms with Crippen molar-refractivity contribution >= 4 is 15.9 Å². The first-order valence-electron chi connectivity index (χ1n) is 5.14. The molecule has 1 rings (SSSR count). The van der Waals surface area contributed by atoms with Crippen LogP contribution in [0.5, 0.6) is 11.5 Å². The second kappa shape index (κ2) is 6.01. The summed E-state index contributed by atoms with van der Waals surface area (Å²) >= 11 is 3.52. The molecule has 3 heteroatoms. The summed E-state index contributed by atoms with van der Waals surface area (Å²) in [5.41, 5.74) is 0. The summed E-state index contributed by atoms with van der Waals surface area (Å²) in [6, 6.07) is 6.82. The van der Waals surface area contributed by atoms with E-state index in [2.05, 4.69) is 29.8 Å². The highest BCUT2D eigenvalue weighted by atomic mass is 79.9. The Morgan fingerprint density at radius 2 is 1.87 bits per heavy atom. The van der Waals surface area contributed by atoms with E-state index in [4.69, 9.17) is 9.84 Å². The number of benzene rings is 1. The van der Waals surface area contributed by atoms with Crippen molar-refractivity contribution in [1.29, 1.82) is 0 Å². The van der Waals surface area contributed by atoms with E-state index in [1.165, 1.54) is 0 Å². The van der Waals surface area contributed by atoms with E-state index in [1.54, 1.807) is 24.3 Å². The van der Waals surface area contributed by atoms with Gasteiger partial charge in [0.05, 0.1) is 6.61 Å². The number of rotatable bonds is 5. The van der Waals surface area contributed by atoms with Gasteiger partial charge in [-0.05, 0) is 36.6 Å². The maximum absolute atomic E-state index is 9.09. The molecule has 0 bridgehead atoms. The lowest BCUT2D eigenvalue weighted by atomic mass is 10.1. The van der Waals surface area contributed by atoms with Crippen molar-refractivity contribution in [3.05, 3.63) is 24.3 Å². The van der Waals surface area contributed by atoms with Crippen LogP contribution in [0.4, 0.5) is 0 Å². The molecule has 1 aromatic rings. The maximum atomic E-state index is 9.09. The Morgan fingerprint density at radius 3 is 2.40 bits per heavy atom. The monoisotopic (exact) mass is 272 g/mol. The molecule has 84 valence electrons. The van der Waals surface area contributed by atoms with Gasteiger partial charge in [0.2, 0.25) is 0 Å². The zero-order valence-electron chi connectivity index (χ0n) is 9.11. The molecule has 0 aliphatic carbocycles. The topological polar surface area (TPSA) is 29.5 Å². The number of aromatic hydroxyl groups is 1. The quantitative estimate of drug-likeness (QED) is 0.831. The van der Waals surface area contributed by atoms with E-state index < -0.39 is 0 Å². The predicted octanol–water partition coefficient (Wildman–Crippen LogP) is 3.58. The first-order valence-corrected chi connectivity index (χ1v) is 6.05. The molecule has 1 N–H and O–H groups in total. The zero-order chi connectivity index (χ0) is 11.3. The van der Waals surface area contributed by atoms with Gasteiger partial charge in [0.15, 0.2) is 0 Å². The summed E-state index contributed by atoms with van der Waals surface area (Å²) in [4.78, 5) is 0.524. The summed E-state index contributed by atoms with van der Waals surface area (Å²) < 4.78 is 5.59. The van der Waals surface area contributed by atoms with Gasteiger partial charge in [-0.25, -0.2) is 0 Å². The Hall–Kier alpha value is -0.700. The van der Waals surface area contributed by atoms with Gasteiger partial charge in [0.1, 0.15) is 11.5 Å². The van der Waals surface area contributed by atoms with E-state index in [-0.39, 0.29) is 5.75 Å². The summed E-state index contributed by atoms with van der Waals surface area (Å²) in [6.45, 7) is 5.01. The molecule has 2 nitrogen and oxygen atoms in total. The molecule has 0 amide bonds. The van der Waals surface area contributed by atoms with Crippen molar-refractivity contribution < 1.29 is 9.84 Å². The van der Waals surface area contributed by atoms with Crippen LogP contribution in [-0.4, -0.2) is 16.5 Å². The molecule has 0 aliphatic heterocycles. The van der Waals surface area contributed by atoms with Crippen molar-refractivity contribution in [3.63, 3.8) is 0 Å². The number of ether oxygens (including phenoxy) is 1. The van der Waals surface area contributed by atoms with Crippen LogP contribution in [0.2, 0.25) is 0 Å². The van der Waals surface area contributed by atoms with Gasteiger partial charge < -0.3 is 9.84 Å². The average molecular weight is 273 g/mol. The van der Waals surface area contributed by atoms with Crippen LogP contribution < -0.4 is 4.74 Å². The van der Waals surface area contributed by atoms with Crippen LogP contribution in [0, 0.1) is 5.92 Å². The third-order valence-electron chi connectivity index (χ3n) is 2.10. The molecular weight excluding hydrogens is 256 g/mol. The van der Waals surface area contributed by atoms with Crippen molar-refractivity contribution in [3.8, 4) is 11.5 Å². The number of phenols is 1. The molecule has 0 heterocycles. The standard InChI is InChI=1S/C12H17BrO2/c1-9(7-10(2)13)8-15-12-5-3-11(14)4-6-12/h3-6,9-10,14H,7-8H2,1-2H3. The molecule has 0 fully saturated rings. The first-order chi connectivity index (χ1) is 7.08. The van der Waals surface area contributed by atoms with Gasteiger partial charge in [-0.15, -0.1) is 0 Å². The summed E-state index contributed by atoms with van der Waals surface area (Å²) in [5.74, 6) is 1.60. The molecule has 0 radical (unpaired) electrons. The molecule has 2 unspecified atom stereocenters. The second-order valence-electron chi connectivity index (χ2n) is 3.93. The molecule has 0 saturated carbocycles. The van der Waals surface area contributed by atoms with Crippen LogP contribution in [-0.2, 0) is 0 Å². The predicted molar refractivity (Wildman–Crippen MR) is 65.8 cm³/mol. The summed E-state index contributed by atoms with van der Waals surface area (Å²) in [6.07, 6.45) is 1.10. The average Bonchev–Trinajstić information content (AvgIpc) is 2.16. The van der Waals surface area contributed by atoms with Crippen LogP contribution in [0.25, 0.3) is 0 Å². The smallest absolute Gasteiger partial charge is 0.119 e. The highest BCUT2D eigenvalue weighted by molar-refractivity contribution is 9.09. The Balaban J connectivity index is 2.33. The minimum Gasteiger partial charge on any atom is -0.508 e. The lowest BCUT2D eigenvalue weighted by Crippen LogP contribution is -2.11. The van der Waals surface area contributed by atoms with E-state index in [0.717, 1.165) is 12.2 Å². The van der Waals surface area contributed by atoms with Gasteiger partial charge >= 0.3 is 0 Å². The molecule has 0 saturated heterocycles. The number of hydrogen-bond donors (Lipinski definition) is 1. The fraction of sp³-hybridized carbons (Fsp3) is 0.500. The Labute approximate surface area is 99.4 Å². The first kappa shape index (κ1) is 12.4. The minimum atomic E-state index is 0.268. The largest absolute Gasteiger partial charge is 0.508 e.